The number of anilines is 1. The van der Waals surface area contributed by atoms with Crippen LogP contribution < -0.4 is 10.2 Å². The van der Waals surface area contributed by atoms with Crippen molar-refractivity contribution in [2.24, 2.45) is 5.92 Å². The molecule has 6 heteroatoms. The Morgan fingerprint density at radius 1 is 0.886 bits per heavy atom. The number of benzene rings is 2. The predicted molar refractivity (Wildman–Crippen MR) is 141 cm³/mol. The highest BCUT2D eigenvalue weighted by molar-refractivity contribution is 5.98. The standard InChI is InChI=1S/C29H38N2O4/c1-23(2)16-19-35-21-20-34-18-7-17-30-28(32)14-15-29(33)31-22-26-10-4-3-8-24(26)12-13-25-9-5-6-11-27(25)31/h3-6,8-13,23H,7,14-22H2,1-2H3,(H,30,32)/b13-12-. The first-order chi connectivity index (χ1) is 17.0. The van der Waals surface area contributed by atoms with E-state index in [9.17, 15) is 9.59 Å². The topological polar surface area (TPSA) is 67.9 Å². The Kier molecular flexibility index (Phi) is 11.0. The Morgan fingerprint density at radius 3 is 2.37 bits per heavy atom. The largest absolute Gasteiger partial charge is 0.379 e. The molecule has 0 radical (unpaired) electrons. The van der Waals surface area contributed by atoms with Crippen molar-refractivity contribution in [3.05, 3.63) is 65.2 Å². The van der Waals surface area contributed by atoms with Gasteiger partial charge in [-0.1, -0.05) is 68.5 Å². The highest BCUT2D eigenvalue weighted by Crippen LogP contribution is 2.29. The molecule has 1 aliphatic heterocycles. The van der Waals surface area contributed by atoms with E-state index in [1.165, 1.54) is 0 Å². The van der Waals surface area contributed by atoms with Crippen LogP contribution in [0.3, 0.4) is 0 Å². The summed E-state index contributed by atoms with van der Waals surface area (Å²) in [6.07, 6.45) is 6.25. The van der Waals surface area contributed by atoms with Crippen LogP contribution in [0, 0.1) is 5.92 Å². The average Bonchev–Trinajstić information content (AvgIpc) is 2.85. The van der Waals surface area contributed by atoms with Crippen LogP contribution in [0.25, 0.3) is 12.2 Å². The number of ether oxygens (including phenoxy) is 2. The molecule has 0 bridgehead atoms. The third-order valence-electron chi connectivity index (χ3n) is 5.92. The number of fused-ring (bicyclic) bond motifs is 2. The SMILES string of the molecule is CC(C)CCOCCOCCCNC(=O)CCC(=O)N1Cc2ccccc2/C=C\c2ccccc21. The predicted octanol–water partition coefficient (Wildman–Crippen LogP) is 5.07. The van der Waals surface area contributed by atoms with Gasteiger partial charge in [0.1, 0.15) is 0 Å². The highest BCUT2D eigenvalue weighted by atomic mass is 16.5. The van der Waals surface area contributed by atoms with Gasteiger partial charge in [-0.3, -0.25) is 9.59 Å². The van der Waals surface area contributed by atoms with Crippen molar-refractivity contribution < 1.29 is 19.1 Å². The fraction of sp³-hybridized carbons (Fsp3) is 0.448. The summed E-state index contributed by atoms with van der Waals surface area (Å²) in [4.78, 5) is 27.3. The summed E-state index contributed by atoms with van der Waals surface area (Å²) < 4.78 is 11.1. The minimum Gasteiger partial charge on any atom is -0.379 e. The van der Waals surface area contributed by atoms with Crippen LogP contribution in [0.2, 0.25) is 0 Å². The lowest BCUT2D eigenvalue weighted by Crippen LogP contribution is -2.33. The van der Waals surface area contributed by atoms with E-state index in [4.69, 9.17) is 9.47 Å². The third kappa shape index (κ3) is 8.96. The van der Waals surface area contributed by atoms with Gasteiger partial charge in [0.2, 0.25) is 11.8 Å². The lowest BCUT2D eigenvalue weighted by molar-refractivity contribution is -0.125. The van der Waals surface area contributed by atoms with Crippen molar-refractivity contribution >= 4 is 29.7 Å². The first kappa shape index (κ1) is 26.6. The summed E-state index contributed by atoms with van der Waals surface area (Å²) in [5.74, 6) is 0.475. The van der Waals surface area contributed by atoms with E-state index < -0.39 is 0 Å². The Labute approximate surface area is 209 Å². The Hall–Kier alpha value is -2.96. The van der Waals surface area contributed by atoms with E-state index in [-0.39, 0.29) is 24.7 Å². The zero-order valence-electron chi connectivity index (χ0n) is 21.0. The quantitative estimate of drug-likeness (QED) is 0.408. The van der Waals surface area contributed by atoms with E-state index in [1.807, 2.05) is 48.5 Å². The molecule has 0 aromatic heterocycles. The molecule has 35 heavy (non-hydrogen) atoms. The first-order valence-electron chi connectivity index (χ1n) is 12.6. The molecular weight excluding hydrogens is 440 g/mol. The fourth-order valence-electron chi connectivity index (χ4n) is 3.86. The maximum Gasteiger partial charge on any atom is 0.227 e. The molecule has 2 aromatic rings. The van der Waals surface area contributed by atoms with Gasteiger partial charge in [0.25, 0.3) is 0 Å². The molecule has 0 saturated heterocycles. The maximum absolute atomic E-state index is 13.2. The van der Waals surface area contributed by atoms with E-state index >= 15 is 0 Å². The van der Waals surface area contributed by atoms with Crippen molar-refractivity contribution in [2.75, 3.05) is 37.9 Å². The summed E-state index contributed by atoms with van der Waals surface area (Å²) in [7, 11) is 0. The molecule has 0 unspecified atom stereocenters. The summed E-state index contributed by atoms with van der Waals surface area (Å²) in [5, 5.41) is 2.89. The normalized spacial score (nSPS) is 13.5. The van der Waals surface area contributed by atoms with E-state index in [1.54, 1.807) is 4.90 Å². The fourth-order valence-corrected chi connectivity index (χ4v) is 3.86. The molecule has 6 nitrogen and oxygen atoms in total. The minimum absolute atomic E-state index is 0.0569. The third-order valence-corrected chi connectivity index (χ3v) is 5.92. The van der Waals surface area contributed by atoms with Crippen molar-refractivity contribution in [1.82, 2.24) is 5.32 Å². The number of carbonyl (C=O) groups is 2. The van der Waals surface area contributed by atoms with Crippen LogP contribution >= 0.6 is 0 Å². The van der Waals surface area contributed by atoms with Crippen molar-refractivity contribution in [2.45, 2.75) is 46.1 Å². The lowest BCUT2D eigenvalue weighted by atomic mass is 10.0. The van der Waals surface area contributed by atoms with Gasteiger partial charge in [0, 0.05) is 32.6 Å². The summed E-state index contributed by atoms with van der Waals surface area (Å²) in [6, 6.07) is 16.0. The molecule has 2 amide bonds. The number of rotatable bonds is 13. The van der Waals surface area contributed by atoms with Gasteiger partial charge >= 0.3 is 0 Å². The van der Waals surface area contributed by atoms with E-state index in [2.05, 4.69) is 31.3 Å². The number of para-hydroxylation sites is 1. The van der Waals surface area contributed by atoms with Crippen LogP contribution in [0.1, 0.15) is 56.2 Å². The van der Waals surface area contributed by atoms with Gasteiger partial charge in [-0.25, -0.2) is 0 Å². The van der Waals surface area contributed by atoms with Crippen LogP contribution in [0.15, 0.2) is 48.5 Å². The van der Waals surface area contributed by atoms with E-state index in [0.717, 1.165) is 41.8 Å². The highest BCUT2D eigenvalue weighted by Gasteiger charge is 2.21. The summed E-state index contributed by atoms with van der Waals surface area (Å²) >= 11 is 0. The molecule has 0 saturated carbocycles. The monoisotopic (exact) mass is 478 g/mol. The van der Waals surface area contributed by atoms with Gasteiger partial charge in [-0.2, -0.15) is 0 Å². The Bertz CT molecular complexity index is 986. The number of hydrogen-bond donors (Lipinski definition) is 1. The van der Waals surface area contributed by atoms with Gasteiger partial charge in [-0.15, -0.1) is 0 Å². The average molecular weight is 479 g/mol. The Morgan fingerprint density at radius 2 is 1.57 bits per heavy atom. The molecular formula is C29H38N2O4. The van der Waals surface area contributed by atoms with Crippen LogP contribution in [0.4, 0.5) is 5.69 Å². The molecule has 0 fully saturated rings. The number of hydrogen-bond acceptors (Lipinski definition) is 4. The van der Waals surface area contributed by atoms with Crippen LogP contribution in [-0.2, 0) is 25.6 Å². The molecule has 3 rings (SSSR count). The molecule has 1 N–H and O–H groups in total. The van der Waals surface area contributed by atoms with Crippen molar-refractivity contribution in [1.29, 1.82) is 0 Å². The zero-order valence-corrected chi connectivity index (χ0v) is 21.0. The number of carbonyl (C=O) groups excluding carboxylic acids is 2. The number of nitrogens with one attached hydrogen (secondary N) is 1. The molecule has 0 atom stereocenters. The van der Waals surface area contributed by atoms with Crippen LogP contribution in [0.5, 0.6) is 0 Å². The molecule has 2 aromatic carbocycles. The maximum atomic E-state index is 13.2. The molecule has 1 heterocycles. The van der Waals surface area contributed by atoms with Gasteiger partial charge in [-0.05, 0) is 41.5 Å². The second-order valence-electron chi connectivity index (χ2n) is 9.18. The van der Waals surface area contributed by atoms with Crippen LogP contribution in [-0.4, -0.2) is 44.8 Å². The molecule has 0 aliphatic carbocycles. The number of nitrogens with zero attached hydrogens (tertiary/aromatic N) is 1. The molecule has 1 aliphatic rings. The summed E-state index contributed by atoms with van der Waals surface area (Å²) in [5.41, 5.74) is 4.04. The first-order valence-corrected chi connectivity index (χ1v) is 12.6. The minimum atomic E-state index is -0.115. The van der Waals surface area contributed by atoms with Crippen molar-refractivity contribution in [3.8, 4) is 0 Å². The summed E-state index contributed by atoms with van der Waals surface area (Å²) in [6.45, 7) is 7.87. The smallest absolute Gasteiger partial charge is 0.227 e. The van der Waals surface area contributed by atoms with Gasteiger partial charge < -0.3 is 19.7 Å². The lowest BCUT2D eigenvalue weighted by Gasteiger charge is -2.27. The Balaban J connectivity index is 1.40. The second kappa shape index (κ2) is 14.4. The molecule has 188 valence electrons. The molecule has 0 spiro atoms. The zero-order chi connectivity index (χ0) is 24.9. The second-order valence-corrected chi connectivity index (χ2v) is 9.18. The van der Waals surface area contributed by atoms with E-state index in [0.29, 0.717) is 38.8 Å². The van der Waals surface area contributed by atoms with Gasteiger partial charge in [0.15, 0.2) is 0 Å². The van der Waals surface area contributed by atoms with Gasteiger partial charge in [0.05, 0.1) is 25.4 Å². The number of amides is 2. The van der Waals surface area contributed by atoms with Crippen molar-refractivity contribution in [3.63, 3.8) is 0 Å².